The number of nitrogens with zero attached hydrogens (tertiary/aromatic N) is 3. The molecule has 0 saturated carbocycles. The summed E-state index contributed by atoms with van der Waals surface area (Å²) in [5.41, 5.74) is 2.47. The summed E-state index contributed by atoms with van der Waals surface area (Å²) in [6.45, 7) is 1.92. The van der Waals surface area contributed by atoms with E-state index in [0.29, 0.717) is 33.0 Å². The van der Waals surface area contributed by atoms with Crippen molar-refractivity contribution >= 4 is 40.9 Å². The van der Waals surface area contributed by atoms with Crippen LogP contribution >= 0.6 is 23.4 Å². The molecule has 1 aromatic heterocycles. The minimum Gasteiger partial charge on any atom is -0.496 e. The summed E-state index contributed by atoms with van der Waals surface area (Å²) in [5.74, 6) is 0.708. The summed E-state index contributed by atoms with van der Waals surface area (Å²) in [7, 11) is 3.14. The van der Waals surface area contributed by atoms with Gasteiger partial charge in [-0.2, -0.15) is 0 Å². The van der Waals surface area contributed by atoms with E-state index in [2.05, 4.69) is 20.5 Å². The molecule has 31 heavy (non-hydrogen) atoms. The van der Waals surface area contributed by atoms with Crippen LogP contribution in [-0.2, 0) is 9.59 Å². The zero-order valence-corrected chi connectivity index (χ0v) is 18.9. The number of hydrogen-bond acceptors (Lipinski definition) is 6. The Morgan fingerprint density at radius 1 is 1.23 bits per heavy atom. The summed E-state index contributed by atoms with van der Waals surface area (Å²) >= 11 is 7.23. The Hall–Kier alpha value is -3.04. The Labute approximate surface area is 189 Å². The molecule has 0 saturated heterocycles. The van der Waals surface area contributed by atoms with Gasteiger partial charge >= 0.3 is 0 Å². The fourth-order valence-electron chi connectivity index (χ4n) is 2.67. The Bertz CT molecular complexity index is 1070. The van der Waals surface area contributed by atoms with Crippen molar-refractivity contribution < 1.29 is 14.3 Å². The van der Waals surface area contributed by atoms with Gasteiger partial charge in [0, 0.05) is 17.8 Å². The third-order valence-electron chi connectivity index (χ3n) is 4.35. The molecule has 2 amide bonds. The first kappa shape index (κ1) is 22.6. The number of likely N-dealkylation sites (N-methyl/N-ethyl adjacent to an activating group) is 1. The van der Waals surface area contributed by atoms with Gasteiger partial charge in [-0.1, -0.05) is 41.1 Å². The molecule has 2 aromatic carbocycles. The highest BCUT2D eigenvalue weighted by molar-refractivity contribution is 7.99. The van der Waals surface area contributed by atoms with E-state index in [0.717, 1.165) is 5.56 Å². The van der Waals surface area contributed by atoms with Crippen molar-refractivity contribution in [1.82, 2.24) is 20.1 Å². The van der Waals surface area contributed by atoms with Crippen molar-refractivity contribution in [3.8, 4) is 17.1 Å². The molecule has 0 fully saturated rings. The molecule has 0 aliphatic rings. The molecule has 1 heterocycles. The van der Waals surface area contributed by atoms with Crippen molar-refractivity contribution in [1.29, 1.82) is 0 Å². The molecule has 10 heteroatoms. The molecule has 0 spiro atoms. The predicted molar refractivity (Wildman–Crippen MR) is 122 cm³/mol. The highest BCUT2D eigenvalue weighted by Crippen LogP contribution is 2.31. The van der Waals surface area contributed by atoms with Gasteiger partial charge in [-0.05, 0) is 37.3 Å². The number of hydrogen-bond donors (Lipinski definition) is 2. The Balaban J connectivity index is 1.53. The lowest BCUT2D eigenvalue weighted by atomic mass is 10.2. The van der Waals surface area contributed by atoms with E-state index >= 15 is 0 Å². The lowest BCUT2D eigenvalue weighted by Crippen LogP contribution is -2.35. The molecule has 162 valence electrons. The zero-order chi connectivity index (χ0) is 22.4. The van der Waals surface area contributed by atoms with Crippen LogP contribution in [0, 0.1) is 6.92 Å². The number of benzene rings is 2. The number of carbonyl (C=O) groups is 2. The van der Waals surface area contributed by atoms with Gasteiger partial charge < -0.3 is 15.0 Å². The van der Waals surface area contributed by atoms with E-state index in [1.807, 2.05) is 31.2 Å². The average molecular weight is 460 g/mol. The van der Waals surface area contributed by atoms with Gasteiger partial charge in [-0.15, -0.1) is 5.10 Å². The maximum Gasteiger partial charge on any atom is 0.243 e. The van der Waals surface area contributed by atoms with Crippen LogP contribution < -0.4 is 10.1 Å². The van der Waals surface area contributed by atoms with E-state index in [1.165, 1.54) is 16.7 Å². The number of amides is 2. The van der Waals surface area contributed by atoms with Crippen molar-refractivity contribution in [3.05, 3.63) is 53.1 Å². The van der Waals surface area contributed by atoms with Crippen LogP contribution in [0.5, 0.6) is 5.75 Å². The third-order valence-corrected chi connectivity index (χ3v) is 5.42. The first-order valence-corrected chi connectivity index (χ1v) is 10.7. The minimum absolute atomic E-state index is 0.0494. The number of carbonyl (C=O) groups excluding carboxylic acids is 2. The maximum absolute atomic E-state index is 12.4. The largest absolute Gasteiger partial charge is 0.496 e. The summed E-state index contributed by atoms with van der Waals surface area (Å²) in [6, 6.07) is 12.6. The smallest absolute Gasteiger partial charge is 0.243 e. The van der Waals surface area contributed by atoms with Crippen LogP contribution in [0.1, 0.15) is 5.56 Å². The Kier molecular flexibility index (Phi) is 7.54. The summed E-state index contributed by atoms with van der Waals surface area (Å²) in [4.78, 5) is 30.3. The topological polar surface area (TPSA) is 100 Å². The second-order valence-corrected chi connectivity index (χ2v) is 8.14. The number of rotatable bonds is 8. The molecule has 0 bridgehead atoms. The molecule has 3 rings (SSSR count). The normalized spacial score (nSPS) is 10.6. The van der Waals surface area contributed by atoms with Crippen molar-refractivity contribution in [2.24, 2.45) is 0 Å². The number of halogens is 1. The SMILES string of the molecule is COc1ccc(Cl)cc1-c1nc(SCC(=O)N(C)CC(=O)Nc2ccc(C)cc2)n[nH]1. The minimum atomic E-state index is -0.266. The molecule has 2 N–H and O–H groups in total. The van der Waals surface area contributed by atoms with Crippen LogP contribution in [-0.4, -0.2) is 58.4 Å². The average Bonchev–Trinajstić information content (AvgIpc) is 3.22. The van der Waals surface area contributed by atoms with E-state index in [9.17, 15) is 9.59 Å². The van der Waals surface area contributed by atoms with E-state index in [1.54, 1.807) is 32.4 Å². The second kappa shape index (κ2) is 10.3. The molecule has 8 nitrogen and oxygen atoms in total. The molecule has 0 aliphatic carbocycles. The first-order valence-electron chi connectivity index (χ1n) is 9.35. The summed E-state index contributed by atoms with van der Waals surface area (Å²) in [6.07, 6.45) is 0. The zero-order valence-electron chi connectivity index (χ0n) is 17.3. The predicted octanol–water partition coefficient (Wildman–Crippen LogP) is 3.63. The molecule has 0 unspecified atom stereocenters. The van der Waals surface area contributed by atoms with Crippen LogP contribution in [0.25, 0.3) is 11.4 Å². The van der Waals surface area contributed by atoms with Gasteiger partial charge in [-0.25, -0.2) is 4.98 Å². The number of nitrogens with one attached hydrogen (secondary N) is 2. The van der Waals surface area contributed by atoms with Crippen molar-refractivity contribution in [2.75, 3.05) is 31.8 Å². The highest BCUT2D eigenvalue weighted by atomic mass is 35.5. The second-order valence-electron chi connectivity index (χ2n) is 6.76. The summed E-state index contributed by atoms with van der Waals surface area (Å²) < 4.78 is 5.33. The lowest BCUT2D eigenvalue weighted by molar-refractivity contribution is -0.131. The fourth-order valence-corrected chi connectivity index (χ4v) is 3.59. The van der Waals surface area contributed by atoms with Gasteiger partial charge in [0.1, 0.15) is 5.75 Å². The maximum atomic E-state index is 12.4. The van der Waals surface area contributed by atoms with Crippen molar-refractivity contribution in [2.45, 2.75) is 12.1 Å². The van der Waals surface area contributed by atoms with Gasteiger partial charge in [0.05, 0.1) is 25.0 Å². The van der Waals surface area contributed by atoms with Crippen LogP contribution in [0.15, 0.2) is 47.6 Å². The van der Waals surface area contributed by atoms with Crippen molar-refractivity contribution in [3.63, 3.8) is 0 Å². The third kappa shape index (κ3) is 6.22. The van der Waals surface area contributed by atoms with Crippen LogP contribution in [0.3, 0.4) is 0 Å². The van der Waals surface area contributed by atoms with Crippen LogP contribution in [0.2, 0.25) is 5.02 Å². The molecule has 0 atom stereocenters. The number of anilines is 1. The number of ether oxygens (including phenoxy) is 1. The van der Waals surface area contributed by atoms with Crippen LogP contribution in [0.4, 0.5) is 5.69 Å². The number of methoxy groups -OCH3 is 1. The number of aromatic nitrogens is 3. The fraction of sp³-hybridized carbons (Fsp3) is 0.238. The van der Waals surface area contributed by atoms with Gasteiger partial charge in [0.15, 0.2) is 5.82 Å². The van der Waals surface area contributed by atoms with E-state index < -0.39 is 0 Å². The molecule has 0 aliphatic heterocycles. The summed E-state index contributed by atoms with van der Waals surface area (Å²) in [5, 5.41) is 10.7. The Morgan fingerprint density at radius 3 is 2.68 bits per heavy atom. The quantitative estimate of drug-likeness (QED) is 0.499. The molecular weight excluding hydrogens is 438 g/mol. The monoisotopic (exact) mass is 459 g/mol. The lowest BCUT2D eigenvalue weighted by Gasteiger charge is -2.16. The molecule has 0 radical (unpaired) electrons. The van der Waals surface area contributed by atoms with Gasteiger partial charge in [-0.3, -0.25) is 14.7 Å². The number of aromatic amines is 1. The highest BCUT2D eigenvalue weighted by Gasteiger charge is 2.16. The van der Waals surface area contributed by atoms with E-state index in [-0.39, 0.29) is 24.1 Å². The molecular formula is C21H22ClN5O3S. The van der Waals surface area contributed by atoms with Gasteiger partial charge in [0.25, 0.3) is 0 Å². The number of thioether (sulfide) groups is 1. The first-order chi connectivity index (χ1) is 14.9. The van der Waals surface area contributed by atoms with E-state index in [4.69, 9.17) is 16.3 Å². The number of aryl methyl sites for hydroxylation is 1. The standard InChI is InChI=1S/C21H22ClN5O3S/c1-13-4-7-15(8-5-13)23-18(28)11-27(2)19(29)12-31-21-24-20(25-26-21)16-10-14(22)6-9-17(16)30-3/h4-10H,11-12H2,1-3H3,(H,23,28)(H,24,25,26). The number of H-pyrrole nitrogens is 1. The Morgan fingerprint density at radius 2 is 1.97 bits per heavy atom. The van der Waals surface area contributed by atoms with Gasteiger partial charge in [0.2, 0.25) is 17.0 Å². The molecule has 3 aromatic rings.